The number of sulfonamides is 1. The van der Waals surface area contributed by atoms with Crippen LogP contribution >= 0.6 is 0 Å². The van der Waals surface area contributed by atoms with Gasteiger partial charge in [0.1, 0.15) is 16.6 Å². The molecule has 1 N–H and O–H groups in total. The minimum absolute atomic E-state index is 0.0142. The fourth-order valence-corrected chi connectivity index (χ4v) is 3.71. The molecule has 10 heteroatoms. The molecule has 1 aromatic heterocycles. The molecule has 1 aliphatic rings. The van der Waals surface area contributed by atoms with Gasteiger partial charge in [0.15, 0.2) is 0 Å². The zero-order chi connectivity index (χ0) is 15.8. The van der Waals surface area contributed by atoms with E-state index in [1.165, 1.54) is 0 Å². The maximum atomic E-state index is 12.4. The monoisotopic (exact) mass is 324 g/mol. The van der Waals surface area contributed by atoms with Crippen LogP contribution < -0.4 is 0 Å². The number of pyridine rings is 1. The molecule has 1 saturated heterocycles. The zero-order valence-electron chi connectivity index (χ0n) is 10.5. The Morgan fingerprint density at radius 1 is 1.38 bits per heavy atom. The first-order chi connectivity index (χ1) is 9.64. The van der Waals surface area contributed by atoms with Gasteiger partial charge in [-0.15, -0.1) is 0 Å². The Kier molecular flexibility index (Phi) is 3.93. The van der Waals surface area contributed by atoms with Crippen LogP contribution in [-0.2, 0) is 21.0 Å². The molecule has 0 saturated carbocycles. The van der Waals surface area contributed by atoms with E-state index < -0.39 is 38.8 Å². The van der Waals surface area contributed by atoms with E-state index in [0.29, 0.717) is 18.7 Å². The second-order valence-electron chi connectivity index (χ2n) is 4.49. The minimum Gasteiger partial charge on any atom is -0.480 e. The van der Waals surface area contributed by atoms with Gasteiger partial charge in [0.05, 0.1) is 0 Å². The van der Waals surface area contributed by atoms with Gasteiger partial charge in [0.25, 0.3) is 0 Å². The molecule has 6 nitrogen and oxygen atoms in total. The number of carboxylic acid groups (broad SMARTS) is 1. The van der Waals surface area contributed by atoms with Crippen LogP contribution in [0.5, 0.6) is 0 Å². The number of hydrogen-bond donors (Lipinski definition) is 1. The van der Waals surface area contributed by atoms with Crippen LogP contribution in [0.4, 0.5) is 13.2 Å². The summed E-state index contributed by atoms with van der Waals surface area (Å²) in [6.07, 6.45) is -3.53. The number of nitrogens with zero attached hydrogens (tertiary/aromatic N) is 2. The van der Waals surface area contributed by atoms with Gasteiger partial charge < -0.3 is 5.11 Å². The minimum atomic E-state index is -4.67. The highest BCUT2D eigenvalue weighted by Crippen LogP contribution is 2.30. The van der Waals surface area contributed by atoms with Gasteiger partial charge in [-0.1, -0.05) is 0 Å². The number of carboxylic acids is 1. The Bertz CT molecular complexity index is 642. The second kappa shape index (κ2) is 5.26. The van der Waals surface area contributed by atoms with Crippen molar-refractivity contribution in [1.29, 1.82) is 0 Å². The first-order valence-corrected chi connectivity index (χ1v) is 7.36. The lowest BCUT2D eigenvalue weighted by molar-refractivity contribution is -0.141. The predicted molar refractivity (Wildman–Crippen MR) is 63.8 cm³/mol. The molecule has 21 heavy (non-hydrogen) atoms. The predicted octanol–water partition coefficient (Wildman–Crippen LogP) is 1.34. The van der Waals surface area contributed by atoms with Gasteiger partial charge in [0.2, 0.25) is 10.0 Å². The molecule has 1 fully saturated rings. The summed E-state index contributed by atoms with van der Waals surface area (Å²) in [5, 5.41) is 8.97. The Balaban J connectivity index is 2.34. The topological polar surface area (TPSA) is 87.6 Å². The molecule has 1 unspecified atom stereocenters. The molecule has 2 heterocycles. The van der Waals surface area contributed by atoms with Crippen LogP contribution in [0.2, 0.25) is 0 Å². The fourth-order valence-electron chi connectivity index (χ4n) is 2.11. The zero-order valence-corrected chi connectivity index (χ0v) is 11.4. The summed E-state index contributed by atoms with van der Waals surface area (Å²) >= 11 is 0. The first kappa shape index (κ1) is 15.7. The summed E-state index contributed by atoms with van der Waals surface area (Å²) < 4.78 is 62.4. The highest BCUT2D eigenvalue weighted by molar-refractivity contribution is 7.89. The number of aromatic nitrogens is 1. The van der Waals surface area contributed by atoms with Crippen LogP contribution in [0.3, 0.4) is 0 Å². The van der Waals surface area contributed by atoms with Crippen molar-refractivity contribution in [1.82, 2.24) is 9.29 Å². The summed E-state index contributed by atoms with van der Waals surface area (Å²) in [5.41, 5.74) is -1.21. The Morgan fingerprint density at radius 3 is 2.52 bits per heavy atom. The normalized spacial score (nSPS) is 20.6. The van der Waals surface area contributed by atoms with Crippen molar-refractivity contribution in [3.63, 3.8) is 0 Å². The summed E-state index contributed by atoms with van der Waals surface area (Å²) in [5.74, 6) is -1.28. The molecule has 0 radical (unpaired) electrons. The van der Waals surface area contributed by atoms with E-state index in [1.54, 1.807) is 0 Å². The van der Waals surface area contributed by atoms with E-state index in [9.17, 15) is 26.4 Å². The average molecular weight is 324 g/mol. The van der Waals surface area contributed by atoms with E-state index in [-0.39, 0.29) is 13.0 Å². The smallest absolute Gasteiger partial charge is 0.433 e. The van der Waals surface area contributed by atoms with Crippen LogP contribution in [0.1, 0.15) is 18.5 Å². The van der Waals surface area contributed by atoms with Gasteiger partial charge in [0, 0.05) is 12.7 Å². The number of halogens is 3. The first-order valence-electron chi connectivity index (χ1n) is 5.92. The summed E-state index contributed by atoms with van der Waals surface area (Å²) in [6, 6.07) is 0.137. The molecular weight excluding hydrogens is 313 g/mol. The third-order valence-corrected chi connectivity index (χ3v) is 5.01. The van der Waals surface area contributed by atoms with Gasteiger partial charge in [-0.25, -0.2) is 8.42 Å². The molecule has 0 amide bonds. The molecule has 1 atom stereocenters. The molecule has 0 bridgehead atoms. The summed E-state index contributed by atoms with van der Waals surface area (Å²) in [4.78, 5) is 13.6. The molecule has 2 rings (SSSR count). The summed E-state index contributed by atoms with van der Waals surface area (Å²) in [7, 11) is -4.17. The number of rotatable bonds is 3. The quantitative estimate of drug-likeness (QED) is 0.906. The third-order valence-electron chi connectivity index (χ3n) is 3.12. The molecule has 0 aliphatic carbocycles. The second-order valence-corrected chi connectivity index (χ2v) is 6.38. The van der Waals surface area contributed by atoms with Gasteiger partial charge >= 0.3 is 12.1 Å². The van der Waals surface area contributed by atoms with Crippen LogP contribution in [0.15, 0.2) is 23.2 Å². The van der Waals surface area contributed by atoms with Crippen molar-refractivity contribution in [3.05, 3.63) is 24.0 Å². The van der Waals surface area contributed by atoms with Crippen molar-refractivity contribution in [2.24, 2.45) is 0 Å². The molecule has 116 valence electrons. The highest BCUT2D eigenvalue weighted by atomic mass is 32.2. The maximum absolute atomic E-state index is 12.4. The van der Waals surface area contributed by atoms with Crippen LogP contribution in [-0.4, -0.2) is 41.4 Å². The molecular formula is C11H11F3N2O4S. The van der Waals surface area contributed by atoms with Crippen molar-refractivity contribution < 1.29 is 31.5 Å². The summed E-state index contributed by atoms with van der Waals surface area (Å²) in [6.45, 7) is 0.0142. The number of aliphatic carboxylic acids is 1. The maximum Gasteiger partial charge on any atom is 0.433 e. The van der Waals surface area contributed by atoms with E-state index in [4.69, 9.17) is 5.11 Å². The fraction of sp³-hybridized carbons (Fsp3) is 0.455. The number of carbonyl (C=O) groups is 1. The largest absolute Gasteiger partial charge is 0.480 e. The third kappa shape index (κ3) is 3.00. The number of alkyl halides is 3. The lowest BCUT2D eigenvalue weighted by Gasteiger charge is -2.20. The Morgan fingerprint density at radius 2 is 2.05 bits per heavy atom. The van der Waals surface area contributed by atoms with E-state index in [2.05, 4.69) is 4.98 Å². The highest BCUT2D eigenvalue weighted by Gasteiger charge is 2.40. The van der Waals surface area contributed by atoms with Gasteiger partial charge in [-0.05, 0) is 25.0 Å². The Hall–Kier alpha value is -1.68. The van der Waals surface area contributed by atoms with Crippen LogP contribution in [0.25, 0.3) is 0 Å². The van der Waals surface area contributed by atoms with Crippen molar-refractivity contribution in [3.8, 4) is 0 Å². The van der Waals surface area contributed by atoms with E-state index >= 15 is 0 Å². The lowest BCUT2D eigenvalue weighted by Crippen LogP contribution is -2.40. The van der Waals surface area contributed by atoms with Crippen molar-refractivity contribution >= 4 is 16.0 Å². The van der Waals surface area contributed by atoms with Crippen molar-refractivity contribution in [2.45, 2.75) is 30.0 Å². The standard InChI is InChI=1S/C11H11F3N2O4S/c12-11(13,14)9-4-3-7(6-15-9)21(19,20)16-5-1-2-8(16)10(17)18/h3-4,6,8H,1-2,5H2,(H,17,18). The van der Waals surface area contributed by atoms with Gasteiger partial charge in [-0.3, -0.25) is 9.78 Å². The molecule has 0 spiro atoms. The van der Waals surface area contributed by atoms with Crippen LogP contribution in [0, 0.1) is 0 Å². The Labute approximate surface area is 118 Å². The van der Waals surface area contributed by atoms with E-state index in [1.807, 2.05) is 0 Å². The lowest BCUT2D eigenvalue weighted by atomic mass is 10.2. The molecule has 0 aromatic carbocycles. The van der Waals surface area contributed by atoms with Gasteiger partial charge in [-0.2, -0.15) is 17.5 Å². The molecule has 1 aliphatic heterocycles. The number of hydrogen-bond acceptors (Lipinski definition) is 4. The van der Waals surface area contributed by atoms with E-state index in [0.717, 1.165) is 10.4 Å². The molecule has 1 aromatic rings. The average Bonchev–Trinajstić information content (AvgIpc) is 2.88. The van der Waals surface area contributed by atoms with Crippen molar-refractivity contribution in [2.75, 3.05) is 6.54 Å². The SMILES string of the molecule is O=C(O)C1CCCN1S(=O)(=O)c1ccc(C(F)(F)F)nc1.